The third-order valence-corrected chi connectivity index (χ3v) is 9.42. The van der Waals surface area contributed by atoms with Gasteiger partial charge in [-0.1, -0.05) is 6.08 Å². The van der Waals surface area contributed by atoms with Gasteiger partial charge in [0.05, 0.1) is 23.3 Å². The standard InChI is InChI=1S/C23H37N3O5/c1-20(2)17-12-21(3,25(20)30)16-13-23(9-6-18(16)28)11-14(24-19(17)29)10-22(26(23)31)7-4-15(27)5-8-22/h12,14-16,18,27-28,30-31H,4-11,13H2,1-3H3,(H,24,29). The molecule has 5 atom stereocenters. The highest BCUT2D eigenvalue weighted by Crippen LogP contribution is 2.56. The third kappa shape index (κ3) is 2.92. The number of hydroxylamine groups is 4. The van der Waals surface area contributed by atoms with Crippen LogP contribution in [-0.4, -0.2) is 77.1 Å². The molecule has 3 aliphatic heterocycles. The van der Waals surface area contributed by atoms with Crippen LogP contribution in [-0.2, 0) is 4.79 Å². The minimum Gasteiger partial charge on any atom is -0.393 e. The van der Waals surface area contributed by atoms with Gasteiger partial charge >= 0.3 is 0 Å². The summed E-state index contributed by atoms with van der Waals surface area (Å²) in [7, 11) is 0. The van der Waals surface area contributed by atoms with Gasteiger partial charge in [0.25, 0.3) is 0 Å². The van der Waals surface area contributed by atoms with Gasteiger partial charge in [-0.25, -0.2) is 0 Å². The zero-order valence-corrected chi connectivity index (χ0v) is 18.8. The molecule has 2 saturated carbocycles. The predicted molar refractivity (Wildman–Crippen MR) is 112 cm³/mol. The van der Waals surface area contributed by atoms with E-state index in [1.165, 1.54) is 5.06 Å². The molecular weight excluding hydrogens is 398 g/mol. The lowest BCUT2D eigenvalue weighted by Crippen LogP contribution is -2.71. The molecule has 8 nitrogen and oxygen atoms in total. The summed E-state index contributed by atoms with van der Waals surface area (Å²) in [6.45, 7) is 5.56. The lowest BCUT2D eigenvalue weighted by molar-refractivity contribution is -0.298. The quantitative estimate of drug-likeness (QED) is 0.393. The van der Waals surface area contributed by atoms with Crippen molar-refractivity contribution in [3.8, 4) is 0 Å². The van der Waals surface area contributed by atoms with Crippen molar-refractivity contribution in [2.45, 2.75) is 119 Å². The van der Waals surface area contributed by atoms with Crippen molar-refractivity contribution in [1.29, 1.82) is 0 Å². The van der Waals surface area contributed by atoms with Crippen LogP contribution in [0.4, 0.5) is 0 Å². The van der Waals surface area contributed by atoms with Crippen LogP contribution in [0.3, 0.4) is 0 Å². The van der Waals surface area contributed by atoms with Crippen molar-refractivity contribution >= 4 is 5.91 Å². The highest BCUT2D eigenvalue weighted by molar-refractivity contribution is 5.96. The van der Waals surface area contributed by atoms with Crippen LogP contribution in [0.2, 0.25) is 0 Å². The monoisotopic (exact) mass is 435 g/mol. The maximum absolute atomic E-state index is 13.4. The fourth-order valence-corrected chi connectivity index (χ4v) is 7.68. The number of amides is 1. The molecule has 1 amide bonds. The smallest absolute Gasteiger partial charge is 0.249 e. The highest BCUT2D eigenvalue weighted by atomic mass is 16.5. The van der Waals surface area contributed by atoms with Crippen LogP contribution < -0.4 is 5.32 Å². The number of nitrogens with one attached hydrogen (secondary N) is 1. The van der Waals surface area contributed by atoms with E-state index in [4.69, 9.17) is 0 Å². The number of carbonyl (C=O) groups excluding carboxylic acids is 1. The molecule has 5 bridgehead atoms. The normalized spacial score (nSPS) is 50.2. The minimum absolute atomic E-state index is 0.101. The Bertz CT molecular complexity index is 807. The minimum atomic E-state index is -0.913. The fourth-order valence-electron chi connectivity index (χ4n) is 7.68. The van der Waals surface area contributed by atoms with Gasteiger partial charge in [-0.05, 0) is 78.6 Å². The van der Waals surface area contributed by atoms with Crippen molar-refractivity contribution in [2.75, 3.05) is 0 Å². The summed E-state index contributed by atoms with van der Waals surface area (Å²) in [6, 6.07) is -0.101. The van der Waals surface area contributed by atoms with Crippen molar-refractivity contribution in [2.24, 2.45) is 5.92 Å². The zero-order chi connectivity index (χ0) is 22.4. The number of piperidine rings is 1. The molecule has 3 fully saturated rings. The van der Waals surface area contributed by atoms with Crippen LogP contribution in [0.1, 0.15) is 78.6 Å². The number of fused-ring (bicyclic) bond motifs is 4. The Labute approximate surface area is 183 Å². The Morgan fingerprint density at radius 1 is 0.935 bits per heavy atom. The number of hydrogen-bond donors (Lipinski definition) is 5. The Morgan fingerprint density at radius 3 is 2.23 bits per heavy atom. The van der Waals surface area contributed by atoms with Gasteiger partial charge in [-0.2, -0.15) is 10.1 Å². The fraction of sp³-hybridized carbons (Fsp3) is 0.870. The van der Waals surface area contributed by atoms with Gasteiger partial charge in [0.1, 0.15) is 0 Å². The molecule has 3 heterocycles. The molecule has 8 heteroatoms. The molecule has 174 valence electrons. The van der Waals surface area contributed by atoms with Crippen molar-refractivity contribution in [3.05, 3.63) is 11.6 Å². The van der Waals surface area contributed by atoms with E-state index in [2.05, 4.69) is 5.32 Å². The van der Waals surface area contributed by atoms with E-state index in [1.54, 1.807) is 5.06 Å². The second-order valence-electron chi connectivity index (χ2n) is 11.6. The van der Waals surface area contributed by atoms with Crippen LogP contribution in [0, 0.1) is 5.92 Å². The van der Waals surface area contributed by atoms with E-state index in [0.717, 1.165) is 0 Å². The molecule has 0 aromatic carbocycles. The first-order chi connectivity index (χ1) is 14.4. The summed E-state index contributed by atoms with van der Waals surface area (Å²) < 4.78 is 0. The number of aliphatic hydroxyl groups is 2. The predicted octanol–water partition coefficient (Wildman–Crippen LogP) is 1.71. The molecular formula is C23H37N3O5. The van der Waals surface area contributed by atoms with Gasteiger partial charge in [-0.3, -0.25) is 4.79 Å². The van der Waals surface area contributed by atoms with E-state index in [0.29, 0.717) is 63.4 Å². The van der Waals surface area contributed by atoms with Gasteiger partial charge < -0.3 is 25.9 Å². The number of rotatable bonds is 0. The third-order valence-electron chi connectivity index (χ3n) is 9.42. The number of carbonyl (C=O) groups is 1. The summed E-state index contributed by atoms with van der Waals surface area (Å²) in [5.41, 5.74) is -2.33. The van der Waals surface area contributed by atoms with E-state index < -0.39 is 28.3 Å². The summed E-state index contributed by atoms with van der Waals surface area (Å²) in [6.07, 6.45) is 6.49. The Balaban J connectivity index is 1.62. The number of nitrogens with zero attached hydrogens (tertiary/aromatic N) is 2. The maximum Gasteiger partial charge on any atom is 0.249 e. The molecule has 0 aromatic rings. The molecule has 31 heavy (non-hydrogen) atoms. The van der Waals surface area contributed by atoms with Crippen molar-refractivity contribution < 1.29 is 25.4 Å². The van der Waals surface area contributed by atoms with Crippen LogP contribution >= 0.6 is 0 Å². The average molecular weight is 436 g/mol. The first kappa shape index (κ1) is 21.8. The SMILES string of the molecule is CC1(C)C2=CC(C)(C3CC4(CCC3O)CC(CC3(CCC(O)CC3)N4O)NC2=O)N1O. The molecule has 5 rings (SSSR count). The van der Waals surface area contributed by atoms with Crippen molar-refractivity contribution in [1.82, 2.24) is 15.4 Å². The first-order valence-corrected chi connectivity index (χ1v) is 11.8. The second-order valence-corrected chi connectivity index (χ2v) is 11.6. The Hall–Kier alpha value is -1.03. The second kappa shape index (κ2) is 6.74. The molecule has 5 aliphatic rings. The zero-order valence-electron chi connectivity index (χ0n) is 18.8. The van der Waals surface area contributed by atoms with E-state index in [-0.39, 0.29) is 24.0 Å². The largest absolute Gasteiger partial charge is 0.393 e. The number of aliphatic hydroxyl groups excluding tert-OH is 2. The number of hydrogen-bond acceptors (Lipinski definition) is 7. The van der Waals surface area contributed by atoms with Gasteiger partial charge in [-0.15, -0.1) is 0 Å². The lowest BCUT2D eigenvalue weighted by atomic mass is 9.60. The van der Waals surface area contributed by atoms with E-state index in [1.807, 2.05) is 26.8 Å². The average Bonchev–Trinajstić information content (AvgIpc) is 2.90. The van der Waals surface area contributed by atoms with Gasteiger partial charge in [0.15, 0.2) is 0 Å². The molecule has 2 aliphatic carbocycles. The van der Waals surface area contributed by atoms with E-state index >= 15 is 0 Å². The lowest BCUT2D eigenvalue weighted by Gasteiger charge is -2.62. The van der Waals surface area contributed by atoms with Crippen LogP contribution in [0.25, 0.3) is 0 Å². The first-order valence-electron chi connectivity index (χ1n) is 11.8. The van der Waals surface area contributed by atoms with E-state index in [9.17, 15) is 25.4 Å². The summed E-state index contributed by atoms with van der Waals surface area (Å²) >= 11 is 0. The molecule has 5 N–H and O–H groups in total. The summed E-state index contributed by atoms with van der Waals surface area (Å²) in [5.74, 6) is -0.506. The van der Waals surface area contributed by atoms with Crippen molar-refractivity contribution in [3.63, 3.8) is 0 Å². The summed E-state index contributed by atoms with van der Waals surface area (Å²) in [4.78, 5) is 13.4. The Kier molecular flexibility index (Phi) is 4.74. The highest BCUT2D eigenvalue weighted by Gasteiger charge is 2.63. The molecule has 5 unspecified atom stereocenters. The maximum atomic E-state index is 13.4. The van der Waals surface area contributed by atoms with Crippen LogP contribution in [0.15, 0.2) is 11.6 Å². The molecule has 1 saturated heterocycles. The van der Waals surface area contributed by atoms with Gasteiger partial charge in [0, 0.05) is 28.6 Å². The molecule has 0 aromatic heterocycles. The summed E-state index contributed by atoms with van der Waals surface area (Å²) in [5, 5.41) is 50.1. The molecule has 2 spiro atoms. The van der Waals surface area contributed by atoms with Gasteiger partial charge in [0.2, 0.25) is 5.91 Å². The Morgan fingerprint density at radius 2 is 1.55 bits per heavy atom. The molecule has 0 radical (unpaired) electrons. The van der Waals surface area contributed by atoms with Crippen LogP contribution in [0.5, 0.6) is 0 Å². The topological polar surface area (TPSA) is 116 Å².